The molecule has 4 atom stereocenters. The number of ether oxygens (including phenoxy) is 2. The average molecular weight is 702 g/mol. The Balaban J connectivity index is 1.13. The van der Waals surface area contributed by atoms with Gasteiger partial charge in [-0.25, -0.2) is 4.79 Å². The van der Waals surface area contributed by atoms with Crippen LogP contribution in [0.25, 0.3) is 11.1 Å². The number of rotatable bonds is 12. The summed E-state index contributed by atoms with van der Waals surface area (Å²) in [6.07, 6.45) is -0.895. The van der Waals surface area contributed by atoms with Gasteiger partial charge in [-0.1, -0.05) is 104 Å². The Bertz CT molecular complexity index is 1890. The van der Waals surface area contributed by atoms with Crippen molar-refractivity contribution in [2.24, 2.45) is 5.92 Å². The lowest BCUT2D eigenvalue weighted by Gasteiger charge is -2.41. The zero-order chi connectivity index (χ0) is 35.6. The number of urea groups is 1. The van der Waals surface area contributed by atoms with Gasteiger partial charge in [0.15, 0.2) is 6.29 Å². The number of benzene rings is 5. The maximum Gasteiger partial charge on any atom is 0.315 e. The first-order valence-corrected chi connectivity index (χ1v) is 18.1. The molecule has 0 bridgehead atoms. The molecule has 0 saturated carbocycles. The molecule has 4 N–H and O–H groups in total. The predicted octanol–water partition coefficient (Wildman–Crippen LogP) is 8.39. The predicted molar refractivity (Wildman–Crippen MR) is 202 cm³/mol. The van der Waals surface area contributed by atoms with Crippen molar-refractivity contribution in [3.63, 3.8) is 0 Å². The van der Waals surface area contributed by atoms with Crippen LogP contribution in [0, 0.1) is 5.92 Å². The fourth-order valence-corrected chi connectivity index (χ4v) is 7.11. The SMILES string of the molecule is CC(=O)Nc1ccc(SC[C@@H]2O[C@H](c3ccc(-c4cccc(CNC(=O)NCc5ccccc5)c4)cc3)O[C@H](c3ccc(CO)cc3)[C@@H]2C)cc1. The van der Waals surface area contributed by atoms with E-state index in [1.54, 1.807) is 11.8 Å². The van der Waals surface area contributed by atoms with E-state index in [9.17, 15) is 14.7 Å². The van der Waals surface area contributed by atoms with E-state index in [-0.39, 0.29) is 36.7 Å². The van der Waals surface area contributed by atoms with Gasteiger partial charge in [0.1, 0.15) is 0 Å². The maximum absolute atomic E-state index is 12.4. The number of hydrogen-bond acceptors (Lipinski definition) is 6. The molecule has 1 fully saturated rings. The lowest BCUT2D eigenvalue weighted by Crippen LogP contribution is -2.38. The van der Waals surface area contributed by atoms with E-state index in [4.69, 9.17) is 9.47 Å². The molecule has 0 unspecified atom stereocenters. The van der Waals surface area contributed by atoms with Crippen molar-refractivity contribution in [3.05, 3.63) is 155 Å². The summed E-state index contributed by atoms with van der Waals surface area (Å²) >= 11 is 1.71. The summed E-state index contributed by atoms with van der Waals surface area (Å²) in [5, 5.41) is 18.3. The molecule has 1 aliphatic heterocycles. The van der Waals surface area contributed by atoms with Gasteiger partial charge in [-0.2, -0.15) is 0 Å². The summed E-state index contributed by atoms with van der Waals surface area (Å²) in [5.74, 6) is 0.678. The van der Waals surface area contributed by atoms with Crippen molar-refractivity contribution >= 4 is 29.4 Å². The van der Waals surface area contributed by atoms with Crippen molar-refractivity contribution < 1.29 is 24.2 Å². The minimum Gasteiger partial charge on any atom is -0.392 e. The number of aliphatic hydroxyl groups is 1. The van der Waals surface area contributed by atoms with Crippen molar-refractivity contribution in [3.8, 4) is 11.1 Å². The second kappa shape index (κ2) is 17.3. The van der Waals surface area contributed by atoms with Crippen LogP contribution >= 0.6 is 11.8 Å². The van der Waals surface area contributed by atoms with Crippen molar-refractivity contribution in [1.82, 2.24) is 10.6 Å². The molecular formula is C42H43N3O5S. The normalized spacial score (nSPS) is 18.5. The van der Waals surface area contributed by atoms with E-state index in [1.807, 2.05) is 91.0 Å². The Morgan fingerprint density at radius 1 is 0.706 bits per heavy atom. The molecule has 1 heterocycles. The van der Waals surface area contributed by atoms with Crippen LogP contribution < -0.4 is 16.0 Å². The summed E-state index contributed by atoms with van der Waals surface area (Å²) < 4.78 is 13.3. The monoisotopic (exact) mass is 701 g/mol. The molecule has 1 aliphatic rings. The Labute approximate surface area is 303 Å². The molecule has 3 amide bonds. The van der Waals surface area contributed by atoms with Crippen molar-refractivity contribution in [1.29, 1.82) is 0 Å². The van der Waals surface area contributed by atoms with E-state index >= 15 is 0 Å². The van der Waals surface area contributed by atoms with Gasteiger partial charge in [0.25, 0.3) is 0 Å². The number of aliphatic hydroxyl groups excluding tert-OH is 1. The number of hydrogen-bond donors (Lipinski definition) is 4. The molecule has 0 radical (unpaired) electrons. The largest absolute Gasteiger partial charge is 0.392 e. The zero-order valence-corrected chi connectivity index (χ0v) is 29.6. The average Bonchev–Trinajstić information content (AvgIpc) is 3.17. The molecule has 1 saturated heterocycles. The van der Waals surface area contributed by atoms with Gasteiger partial charge in [-0.3, -0.25) is 4.79 Å². The number of nitrogens with one attached hydrogen (secondary N) is 3. The number of carbonyl (C=O) groups excluding carboxylic acids is 2. The molecule has 9 heteroatoms. The number of thioether (sulfide) groups is 1. The quantitative estimate of drug-likeness (QED) is 0.0974. The Morgan fingerprint density at radius 3 is 2.06 bits per heavy atom. The summed E-state index contributed by atoms with van der Waals surface area (Å²) in [4.78, 5) is 24.9. The maximum atomic E-state index is 12.4. The van der Waals surface area contributed by atoms with Gasteiger partial charge in [0.05, 0.1) is 18.8 Å². The first kappa shape index (κ1) is 35.9. The topological polar surface area (TPSA) is 109 Å². The summed E-state index contributed by atoms with van der Waals surface area (Å²) in [5.41, 5.74) is 7.72. The molecule has 0 aromatic heterocycles. The van der Waals surface area contributed by atoms with E-state index in [0.29, 0.717) is 13.1 Å². The fourth-order valence-electron chi connectivity index (χ4n) is 6.04. The molecule has 0 aliphatic carbocycles. The second-order valence-corrected chi connectivity index (χ2v) is 13.8. The first-order valence-electron chi connectivity index (χ1n) is 17.1. The summed E-state index contributed by atoms with van der Waals surface area (Å²) in [6, 6.07) is 41.8. The lowest BCUT2D eigenvalue weighted by atomic mass is 9.91. The number of carbonyl (C=O) groups is 2. The smallest absolute Gasteiger partial charge is 0.315 e. The third kappa shape index (κ3) is 9.86. The Hall–Kier alpha value is -4.93. The van der Waals surface area contributed by atoms with Crippen LogP contribution in [-0.4, -0.2) is 28.9 Å². The summed E-state index contributed by atoms with van der Waals surface area (Å²) in [7, 11) is 0. The molecule has 5 aromatic carbocycles. The minimum atomic E-state index is -0.574. The van der Waals surface area contributed by atoms with Gasteiger partial charge >= 0.3 is 6.03 Å². The van der Waals surface area contributed by atoms with Crippen molar-refractivity contribution in [2.45, 2.75) is 56.9 Å². The van der Waals surface area contributed by atoms with E-state index < -0.39 is 6.29 Å². The van der Waals surface area contributed by atoms with Crippen LogP contribution in [0.4, 0.5) is 10.5 Å². The molecule has 8 nitrogen and oxygen atoms in total. The van der Waals surface area contributed by atoms with Crippen LogP contribution in [0.15, 0.2) is 132 Å². The Kier molecular flexibility index (Phi) is 12.2. The molecular weight excluding hydrogens is 659 g/mol. The fraction of sp³-hybridized carbons (Fsp3) is 0.238. The third-order valence-corrected chi connectivity index (χ3v) is 10.0. The van der Waals surface area contributed by atoms with E-state index in [0.717, 1.165) is 55.3 Å². The zero-order valence-electron chi connectivity index (χ0n) is 28.8. The van der Waals surface area contributed by atoms with E-state index in [2.05, 4.69) is 59.3 Å². The van der Waals surface area contributed by atoms with Gasteiger partial charge in [-0.15, -0.1) is 11.8 Å². The Morgan fingerprint density at radius 2 is 1.37 bits per heavy atom. The van der Waals surface area contributed by atoms with Gasteiger partial charge in [-0.05, 0) is 63.7 Å². The van der Waals surface area contributed by atoms with Crippen LogP contribution in [0.5, 0.6) is 0 Å². The van der Waals surface area contributed by atoms with Gasteiger partial charge in [0.2, 0.25) is 5.91 Å². The number of anilines is 1. The molecule has 51 heavy (non-hydrogen) atoms. The highest BCUT2D eigenvalue weighted by Crippen LogP contribution is 2.43. The molecule has 6 rings (SSSR count). The highest BCUT2D eigenvalue weighted by Gasteiger charge is 2.38. The first-order chi connectivity index (χ1) is 24.8. The van der Waals surface area contributed by atoms with Crippen LogP contribution in [0.1, 0.15) is 54.1 Å². The van der Waals surface area contributed by atoms with Gasteiger partial charge < -0.3 is 30.5 Å². The van der Waals surface area contributed by atoms with Gasteiger partial charge in [0, 0.05) is 47.8 Å². The van der Waals surface area contributed by atoms with Crippen LogP contribution in [0.2, 0.25) is 0 Å². The van der Waals surface area contributed by atoms with Crippen LogP contribution in [-0.2, 0) is 34.0 Å². The lowest BCUT2D eigenvalue weighted by molar-refractivity contribution is -0.268. The molecule has 0 spiro atoms. The number of amides is 3. The van der Waals surface area contributed by atoms with Crippen molar-refractivity contribution in [2.75, 3.05) is 11.1 Å². The molecule has 262 valence electrons. The molecule has 5 aromatic rings. The highest BCUT2D eigenvalue weighted by atomic mass is 32.2. The second-order valence-electron chi connectivity index (χ2n) is 12.7. The highest BCUT2D eigenvalue weighted by molar-refractivity contribution is 7.99. The minimum absolute atomic E-state index is 0.0110. The van der Waals surface area contributed by atoms with E-state index in [1.165, 1.54) is 6.92 Å². The third-order valence-electron chi connectivity index (χ3n) is 8.90. The van der Waals surface area contributed by atoms with Crippen LogP contribution in [0.3, 0.4) is 0 Å². The standard InChI is InChI=1S/C42H43N3O5S/c1-28-39(27-51-38-21-19-37(20-22-38)45-29(2)47)49-41(50-40(28)34-13-11-31(26-46)12-14-34)35-17-15-33(16-18-35)36-10-6-9-32(23-36)25-44-42(48)43-24-30-7-4-3-5-8-30/h3-23,28,39-41,46H,24-27H2,1-2H3,(H,45,47)(H2,43,44,48)/t28-,39+,40+,41+/m1/s1. The summed E-state index contributed by atoms with van der Waals surface area (Å²) in [6.45, 7) is 4.52.